The van der Waals surface area contributed by atoms with Gasteiger partial charge < -0.3 is 10.6 Å². The lowest BCUT2D eigenvalue weighted by Gasteiger charge is -2.36. The Bertz CT molecular complexity index is 196. The van der Waals surface area contributed by atoms with Gasteiger partial charge in [-0.2, -0.15) is 0 Å². The number of amides is 1. The number of hydrogen-bond donors (Lipinski definition) is 1. The van der Waals surface area contributed by atoms with Crippen LogP contribution in [0.3, 0.4) is 0 Å². The molecule has 3 heteroatoms. The van der Waals surface area contributed by atoms with Crippen molar-refractivity contribution in [3.8, 4) is 0 Å². The molecule has 0 fully saturated rings. The molecule has 0 aliphatic rings. The van der Waals surface area contributed by atoms with Crippen LogP contribution in [0.25, 0.3) is 0 Å². The minimum absolute atomic E-state index is 0.0370. The summed E-state index contributed by atoms with van der Waals surface area (Å²) < 4.78 is 0. The Balaban J connectivity index is 4.47. The second-order valence-electron chi connectivity index (χ2n) is 5.01. The van der Waals surface area contributed by atoms with Crippen molar-refractivity contribution in [2.24, 2.45) is 11.1 Å². The summed E-state index contributed by atoms with van der Waals surface area (Å²) in [6.07, 6.45) is 0.694. The standard InChI is InChI=1S/C11H24N2O/c1-7-9(12)10(14)13(6)8(2)11(3,4)5/h8-9H,7,12H2,1-6H3. The van der Waals surface area contributed by atoms with E-state index in [1.165, 1.54) is 0 Å². The van der Waals surface area contributed by atoms with Gasteiger partial charge in [-0.1, -0.05) is 27.7 Å². The molecule has 0 saturated carbocycles. The highest BCUT2D eigenvalue weighted by molar-refractivity contribution is 5.81. The molecule has 0 saturated heterocycles. The molecule has 0 radical (unpaired) electrons. The molecule has 0 bridgehead atoms. The van der Waals surface area contributed by atoms with E-state index in [2.05, 4.69) is 27.7 Å². The van der Waals surface area contributed by atoms with E-state index in [1.807, 2.05) is 14.0 Å². The maximum Gasteiger partial charge on any atom is 0.239 e. The number of carbonyl (C=O) groups excluding carboxylic acids is 1. The third kappa shape index (κ3) is 3.29. The summed E-state index contributed by atoms with van der Waals surface area (Å²) in [5.74, 6) is 0.0370. The molecular weight excluding hydrogens is 176 g/mol. The molecule has 0 heterocycles. The molecule has 0 aliphatic heterocycles. The SMILES string of the molecule is CCC(N)C(=O)N(C)C(C)C(C)(C)C. The third-order valence-electron chi connectivity index (χ3n) is 2.94. The molecule has 0 aromatic heterocycles. The molecule has 0 aromatic rings. The summed E-state index contributed by atoms with van der Waals surface area (Å²) in [6, 6.07) is -0.155. The Morgan fingerprint density at radius 2 is 1.86 bits per heavy atom. The Morgan fingerprint density at radius 1 is 1.43 bits per heavy atom. The molecule has 0 aliphatic carbocycles. The average molecular weight is 200 g/mol. The van der Waals surface area contributed by atoms with Crippen LogP contribution in [-0.4, -0.2) is 29.9 Å². The Hall–Kier alpha value is -0.570. The zero-order chi connectivity index (χ0) is 11.5. The summed E-state index contributed by atoms with van der Waals surface area (Å²) in [5.41, 5.74) is 5.80. The van der Waals surface area contributed by atoms with E-state index in [-0.39, 0.29) is 23.4 Å². The van der Waals surface area contributed by atoms with Gasteiger partial charge in [0.05, 0.1) is 6.04 Å². The Labute approximate surface area is 87.6 Å². The molecule has 0 rings (SSSR count). The number of nitrogens with two attached hydrogens (primary N) is 1. The molecule has 84 valence electrons. The lowest BCUT2D eigenvalue weighted by atomic mass is 9.87. The summed E-state index contributed by atoms with van der Waals surface area (Å²) in [4.78, 5) is 13.5. The fraction of sp³-hybridized carbons (Fsp3) is 0.909. The first-order chi connectivity index (χ1) is 6.21. The van der Waals surface area contributed by atoms with Crippen molar-refractivity contribution in [2.75, 3.05) is 7.05 Å². The van der Waals surface area contributed by atoms with E-state index in [4.69, 9.17) is 5.73 Å². The molecule has 0 spiro atoms. The summed E-state index contributed by atoms with van der Waals surface area (Å²) >= 11 is 0. The summed E-state index contributed by atoms with van der Waals surface area (Å²) in [6.45, 7) is 10.4. The van der Waals surface area contributed by atoms with Crippen LogP contribution in [-0.2, 0) is 4.79 Å². The van der Waals surface area contributed by atoms with E-state index < -0.39 is 0 Å². The highest BCUT2D eigenvalue weighted by Gasteiger charge is 2.28. The highest BCUT2D eigenvalue weighted by Crippen LogP contribution is 2.23. The minimum Gasteiger partial charge on any atom is -0.341 e. The van der Waals surface area contributed by atoms with Gasteiger partial charge >= 0.3 is 0 Å². The van der Waals surface area contributed by atoms with E-state index in [0.717, 1.165) is 0 Å². The number of hydrogen-bond acceptors (Lipinski definition) is 2. The van der Waals surface area contributed by atoms with E-state index >= 15 is 0 Å². The normalized spacial score (nSPS) is 16.2. The number of nitrogens with zero attached hydrogens (tertiary/aromatic N) is 1. The first-order valence-electron chi connectivity index (χ1n) is 5.24. The fourth-order valence-corrected chi connectivity index (χ4v) is 1.21. The lowest BCUT2D eigenvalue weighted by molar-refractivity contribution is -0.135. The van der Waals surface area contributed by atoms with Gasteiger partial charge in [0.25, 0.3) is 0 Å². The van der Waals surface area contributed by atoms with Gasteiger partial charge in [0.2, 0.25) is 5.91 Å². The predicted octanol–water partition coefficient (Wildman–Crippen LogP) is 1.62. The maximum absolute atomic E-state index is 11.8. The van der Waals surface area contributed by atoms with Crippen LogP contribution in [0.1, 0.15) is 41.0 Å². The first-order valence-corrected chi connectivity index (χ1v) is 5.24. The van der Waals surface area contributed by atoms with Crippen molar-refractivity contribution >= 4 is 5.91 Å². The van der Waals surface area contributed by atoms with Crippen LogP contribution in [0.5, 0.6) is 0 Å². The molecular formula is C11H24N2O. The fourth-order valence-electron chi connectivity index (χ4n) is 1.21. The quantitative estimate of drug-likeness (QED) is 0.752. The Morgan fingerprint density at radius 3 is 2.14 bits per heavy atom. The highest BCUT2D eigenvalue weighted by atomic mass is 16.2. The van der Waals surface area contributed by atoms with Crippen LogP contribution in [0.15, 0.2) is 0 Å². The second kappa shape index (κ2) is 4.78. The van der Waals surface area contributed by atoms with Crippen LogP contribution in [0.2, 0.25) is 0 Å². The topological polar surface area (TPSA) is 46.3 Å². The zero-order valence-corrected chi connectivity index (χ0v) is 10.3. The van der Waals surface area contributed by atoms with Gasteiger partial charge in [0.1, 0.15) is 0 Å². The molecule has 2 unspecified atom stereocenters. The van der Waals surface area contributed by atoms with Crippen LogP contribution < -0.4 is 5.73 Å². The van der Waals surface area contributed by atoms with Crippen molar-refractivity contribution in [2.45, 2.75) is 53.1 Å². The maximum atomic E-state index is 11.8. The van der Waals surface area contributed by atoms with Gasteiger partial charge in [0.15, 0.2) is 0 Å². The molecule has 14 heavy (non-hydrogen) atoms. The van der Waals surface area contributed by atoms with Gasteiger partial charge in [-0.3, -0.25) is 4.79 Å². The second-order valence-corrected chi connectivity index (χ2v) is 5.01. The van der Waals surface area contributed by atoms with Crippen molar-refractivity contribution < 1.29 is 4.79 Å². The molecule has 2 N–H and O–H groups in total. The summed E-state index contributed by atoms with van der Waals surface area (Å²) in [7, 11) is 1.83. The van der Waals surface area contributed by atoms with Gasteiger partial charge in [0, 0.05) is 13.1 Å². The van der Waals surface area contributed by atoms with Crippen molar-refractivity contribution in [1.29, 1.82) is 0 Å². The smallest absolute Gasteiger partial charge is 0.239 e. The van der Waals surface area contributed by atoms with Gasteiger partial charge in [-0.15, -0.1) is 0 Å². The Kier molecular flexibility index (Phi) is 4.59. The lowest BCUT2D eigenvalue weighted by Crippen LogP contribution is -2.49. The van der Waals surface area contributed by atoms with E-state index in [1.54, 1.807) is 4.90 Å². The van der Waals surface area contributed by atoms with Gasteiger partial charge in [-0.05, 0) is 18.8 Å². The van der Waals surface area contributed by atoms with Crippen molar-refractivity contribution in [1.82, 2.24) is 4.90 Å². The van der Waals surface area contributed by atoms with E-state index in [0.29, 0.717) is 6.42 Å². The van der Waals surface area contributed by atoms with Crippen molar-refractivity contribution in [3.63, 3.8) is 0 Å². The largest absolute Gasteiger partial charge is 0.341 e. The monoisotopic (exact) mass is 200 g/mol. The third-order valence-corrected chi connectivity index (χ3v) is 2.94. The average Bonchev–Trinajstić information content (AvgIpc) is 2.11. The first kappa shape index (κ1) is 13.4. The number of rotatable bonds is 3. The van der Waals surface area contributed by atoms with Crippen LogP contribution >= 0.6 is 0 Å². The van der Waals surface area contributed by atoms with Crippen LogP contribution in [0, 0.1) is 5.41 Å². The minimum atomic E-state index is -0.357. The molecule has 3 nitrogen and oxygen atoms in total. The van der Waals surface area contributed by atoms with Gasteiger partial charge in [-0.25, -0.2) is 0 Å². The zero-order valence-electron chi connectivity index (χ0n) is 10.3. The van der Waals surface area contributed by atoms with Crippen molar-refractivity contribution in [3.05, 3.63) is 0 Å². The number of likely N-dealkylation sites (N-methyl/N-ethyl adjacent to an activating group) is 1. The molecule has 2 atom stereocenters. The predicted molar refractivity (Wildman–Crippen MR) is 60.0 cm³/mol. The molecule has 0 aromatic carbocycles. The van der Waals surface area contributed by atoms with Crippen LogP contribution in [0.4, 0.5) is 0 Å². The summed E-state index contributed by atoms with van der Waals surface area (Å²) in [5, 5.41) is 0. The number of carbonyl (C=O) groups is 1. The van der Waals surface area contributed by atoms with E-state index in [9.17, 15) is 4.79 Å². The molecule has 1 amide bonds.